The number of methoxy groups -OCH3 is 1. The van der Waals surface area contributed by atoms with Crippen molar-refractivity contribution < 1.29 is 9.53 Å². The van der Waals surface area contributed by atoms with E-state index in [-0.39, 0.29) is 42.4 Å². The normalized spacial score (nSPS) is 13.1. The SMILES string of the molecule is COc1ccc(CNC(=O)CN=C(N)Nc2cccc3c2CCCC3)cc1.I. The van der Waals surface area contributed by atoms with E-state index in [0.717, 1.165) is 29.8 Å². The Bertz CT molecular complexity index is 822. The quantitative estimate of drug-likeness (QED) is 0.327. The Morgan fingerprint density at radius 3 is 2.64 bits per heavy atom. The van der Waals surface area contributed by atoms with Crippen LogP contribution in [0, 0.1) is 0 Å². The molecule has 0 fully saturated rings. The summed E-state index contributed by atoms with van der Waals surface area (Å²) in [6.45, 7) is 0.432. The van der Waals surface area contributed by atoms with Crippen LogP contribution in [0.5, 0.6) is 5.75 Å². The number of fused-ring (bicyclic) bond motifs is 1. The van der Waals surface area contributed by atoms with Crippen LogP contribution in [0.15, 0.2) is 47.5 Å². The predicted octanol–water partition coefficient (Wildman–Crippen LogP) is 3.24. The Balaban J connectivity index is 0.00000280. The number of rotatable bonds is 6. The molecule has 1 aliphatic carbocycles. The number of hydrogen-bond donors (Lipinski definition) is 3. The summed E-state index contributed by atoms with van der Waals surface area (Å²) < 4.78 is 5.12. The first-order valence-electron chi connectivity index (χ1n) is 9.23. The molecule has 7 heteroatoms. The molecule has 0 aromatic heterocycles. The van der Waals surface area contributed by atoms with E-state index in [1.54, 1.807) is 7.11 Å². The van der Waals surface area contributed by atoms with Crippen molar-refractivity contribution in [1.82, 2.24) is 5.32 Å². The second-order valence-electron chi connectivity index (χ2n) is 6.60. The van der Waals surface area contributed by atoms with Gasteiger partial charge in [0.2, 0.25) is 5.91 Å². The van der Waals surface area contributed by atoms with E-state index >= 15 is 0 Å². The average Bonchev–Trinajstić information content (AvgIpc) is 2.71. The summed E-state index contributed by atoms with van der Waals surface area (Å²) in [5, 5.41) is 5.98. The van der Waals surface area contributed by atoms with Crippen LogP contribution >= 0.6 is 24.0 Å². The Morgan fingerprint density at radius 1 is 1.14 bits per heavy atom. The number of aryl methyl sites for hydroxylation is 1. The molecule has 0 heterocycles. The maximum Gasteiger partial charge on any atom is 0.242 e. The van der Waals surface area contributed by atoms with Gasteiger partial charge in [0.25, 0.3) is 0 Å². The van der Waals surface area contributed by atoms with E-state index in [1.165, 1.54) is 24.0 Å². The van der Waals surface area contributed by atoms with Gasteiger partial charge in [0.15, 0.2) is 5.96 Å². The number of aliphatic imine (C=N–C) groups is 1. The molecule has 1 amide bonds. The number of carbonyl (C=O) groups excluding carboxylic acids is 1. The van der Waals surface area contributed by atoms with Gasteiger partial charge < -0.3 is 21.1 Å². The zero-order valence-electron chi connectivity index (χ0n) is 16.0. The molecule has 6 nitrogen and oxygen atoms in total. The van der Waals surface area contributed by atoms with Crippen molar-refractivity contribution in [3.63, 3.8) is 0 Å². The van der Waals surface area contributed by atoms with E-state index in [4.69, 9.17) is 10.5 Å². The molecule has 2 aromatic rings. The van der Waals surface area contributed by atoms with Gasteiger partial charge in [-0.05, 0) is 60.6 Å². The van der Waals surface area contributed by atoms with Gasteiger partial charge in [0.1, 0.15) is 12.3 Å². The molecule has 28 heavy (non-hydrogen) atoms. The molecular weight excluding hydrogens is 467 g/mol. The minimum Gasteiger partial charge on any atom is -0.497 e. The highest BCUT2D eigenvalue weighted by Crippen LogP contribution is 2.27. The first kappa shape index (κ1) is 22.0. The maximum absolute atomic E-state index is 12.0. The Morgan fingerprint density at radius 2 is 1.89 bits per heavy atom. The number of nitrogens with zero attached hydrogens (tertiary/aromatic N) is 1. The molecule has 0 bridgehead atoms. The Labute approximate surface area is 183 Å². The number of halogens is 1. The number of benzene rings is 2. The molecule has 0 saturated carbocycles. The lowest BCUT2D eigenvalue weighted by Gasteiger charge is -2.19. The monoisotopic (exact) mass is 494 g/mol. The van der Waals surface area contributed by atoms with Crippen molar-refractivity contribution in [3.05, 3.63) is 59.2 Å². The highest BCUT2D eigenvalue weighted by atomic mass is 127. The molecular formula is C21H27IN4O2. The van der Waals surface area contributed by atoms with Crippen molar-refractivity contribution in [3.8, 4) is 5.75 Å². The summed E-state index contributed by atoms with van der Waals surface area (Å²) in [5.74, 6) is 0.871. The first-order chi connectivity index (χ1) is 13.2. The lowest BCUT2D eigenvalue weighted by molar-refractivity contribution is -0.119. The van der Waals surface area contributed by atoms with Crippen molar-refractivity contribution in [1.29, 1.82) is 0 Å². The van der Waals surface area contributed by atoms with Gasteiger partial charge in [-0.1, -0.05) is 24.3 Å². The number of nitrogens with two attached hydrogens (primary N) is 1. The summed E-state index contributed by atoms with van der Waals surface area (Å²) >= 11 is 0. The summed E-state index contributed by atoms with van der Waals surface area (Å²) in [5.41, 5.74) is 10.6. The molecule has 0 radical (unpaired) electrons. The smallest absolute Gasteiger partial charge is 0.242 e. The van der Waals surface area contributed by atoms with Crippen molar-refractivity contribution in [2.75, 3.05) is 19.0 Å². The Hall–Kier alpha value is -2.29. The summed E-state index contributed by atoms with van der Waals surface area (Å²) in [6, 6.07) is 13.8. The van der Waals surface area contributed by atoms with Crippen LogP contribution in [0.4, 0.5) is 5.69 Å². The fraction of sp³-hybridized carbons (Fsp3) is 0.333. The number of ether oxygens (including phenoxy) is 1. The van der Waals surface area contributed by atoms with E-state index in [2.05, 4.69) is 21.7 Å². The third-order valence-electron chi connectivity index (χ3n) is 4.70. The number of anilines is 1. The molecule has 3 rings (SSSR count). The summed E-state index contributed by atoms with van der Waals surface area (Å²) in [4.78, 5) is 16.2. The summed E-state index contributed by atoms with van der Waals surface area (Å²) in [7, 11) is 1.62. The van der Waals surface area contributed by atoms with Gasteiger partial charge in [-0.15, -0.1) is 24.0 Å². The van der Waals surface area contributed by atoms with Crippen LogP contribution < -0.4 is 21.1 Å². The minimum atomic E-state index is -0.175. The molecule has 0 unspecified atom stereocenters. The van der Waals surface area contributed by atoms with Crippen LogP contribution in [0.25, 0.3) is 0 Å². The van der Waals surface area contributed by atoms with Crippen LogP contribution in [-0.4, -0.2) is 25.5 Å². The lowest BCUT2D eigenvalue weighted by atomic mass is 9.90. The van der Waals surface area contributed by atoms with E-state index in [1.807, 2.05) is 36.4 Å². The fourth-order valence-electron chi connectivity index (χ4n) is 3.23. The third-order valence-corrected chi connectivity index (χ3v) is 4.70. The van der Waals surface area contributed by atoms with Crippen molar-refractivity contribution >= 4 is 41.5 Å². The van der Waals surface area contributed by atoms with E-state index in [9.17, 15) is 4.79 Å². The molecule has 2 aromatic carbocycles. The number of hydrogen-bond acceptors (Lipinski definition) is 3. The van der Waals surface area contributed by atoms with Gasteiger partial charge in [0, 0.05) is 12.2 Å². The predicted molar refractivity (Wildman–Crippen MR) is 123 cm³/mol. The van der Waals surface area contributed by atoms with Gasteiger partial charge in [-0.25, -0.2) is 4.99 Å². The van der Waals surface area contributed by atoms with Crippen LogP contribution in [0.3, 0.4) is 0 Å². The molecule has 150 valence electrons. The van der Waals surface area contributed by atoms with Gasteiger partial charge in [-0.3, -0.25) is 4.79 Å². The average molecular weight is 494 g/mol. The second kappa shape index (κ2) is 10.9. The van der Waals surface area contributed by atoms with Crippen LogP contribution in [0.1, 0.15) is 29.5 Å². The molecule has 4 N–H and O–H groups in total. The number of guanidine groups is 1. The van der Waals surface area contributed by atoms with Gasteiger partial charge in [0.05, 0.1) is 7.11 Å². The summed E-state index contributed by atoms with van der Waals surface area (Å²) in [6.07, 6.45) is 4.58. The standard InChI is InChI=1S/C21H26N4O2.HI/c1-27-17-11-9-15(10-12-17)13-23-20(26)14-24-21(22)25-19-8-4-6-16-5-2-3-7-18(16)19;/h4,6,8-12H,2-3,5,7,13-14H2,1H3,(H,23,26)(H3,22,24,25);1H. The second-order valence-corrected chi connectivity index (χ2v) is 6.60. The maximum atomic E-state index is 12.0. The number of amides is 1. The zero-order valence-corrected chi connectivity index (χ0v) is 18.4. The van der Waals surface area contributed by atoms with Crippen LogP contribution in [0.2, 0.25) is 0 Å². The van der Waals surface area contributed by atoms with E-state index in [0.29, 0.717) is 6.54 Å². The Kier molecular flexibility index (Phi) is 8.56. The van der Waals surface area contributed by atoms with Gasteiger partial charge >= 0.3 is 0 Å². The van der Waals surface area contributed by atoms with Crippen molar-refractivity contribution in [2.24, 2.45) is 10.7 Å². The highest BCUT2D eigenvalue weighted by molar-refractivity contribution is 14.0. The number of carbonyl (C=O) groups is 1. The number of nitrogens with one attached hydrogen (secondary N) is 2. The van der Waals surface area contributed by atoms with Gasteiger partial charge in [-0.2, -0.15) is 0 Å². The van der Waals surface area contributed by atoms with E-state index < -0.39 is 0 Å². The molecule has 0 saturated heterocycles. The highest BCUT2D eigenvalue weighted by Gasteiger charge is 2.13. The molecule has 0 spiro atoms. The minimum absolute atomic E-state index is 0. The molecule has 1 aliphatic rings. The van der Waals surface area contributed by atoms with Crippen molar-refractivity contribution in [2.45, 2.75) is 32.2 Å². The topological polar surface area (TPSA) is 88.7 Å². The zero-order chi connectivity index (χ0) is 19.1. The largest absolute Gasteiger partial charge is 0.497 e. The molecule has 0 aliphatic heterocycles. The third kappa shape index (κ3) is 6.12. The fourth-order valence-corrected chi connectivity index (χ4v) is 3.23. The lowest BCUT2D eigenvalue weighted by Crippen LogP contribution is -2.29. The first-order valence-corrected chi connectivity index (χ1v) is 9.23. The molecule has 0 atom stereocenters. The van der Waals surface area contributed by atoms with Crippen LogP contribution in [-0.2, 0) is 24.2 Å².